The molecule has 0 aliphatic carbocycles. The Balaban J connectivity index is 1.67. The monoisotopic (exact) mass is 386 g/mol. The van der Waals surface area contributed by atoms with Crippen molar-refractivity contribution >= 4 is 11.8 Å². The van der Waals surface area contributed by atoms with Gasteiger partial charge in [-0.15, -0.1) is 0 Å². The summed E-state index contributed by atoms with van der Waals surface area (Å²) in [6.07, 6.45) is 5.41. The number of benzene rings is 1. The van der Waals surface area contributed by atoms with Crippen molar-refractivity contribution in [3.8, 4) is 0 Å². The van der Waals surface area contributed by atoms with E-state index in [0.29, 0.717) is 5.56 Å². The summed E-state index contributed by atoms with van der Waals surface area (Å²) in [6.45, 7) is 8.98. The van der Waals surface area contributed by atoms with Crippen molar-refractivity contribution in [3.05, 3.63) is 35.4 Å². The molecule has 1 N–H and O–H groups in total. The SMILES string of the molecule is CCc1ccc(C(=O)NC(C)(C)C2CCCN2C(=O)[C@H]2CC[C@@H](CC)O2)cc1. The number of likely N-dealkylation sites (tertiary alicyclic amines) is 1. The number of nitrogens with one attached hydrogen (secondary N) is 1. The van der Waals surface area contributed by atoms with Gasteiger partial charge in [-0.05, 0) is 70.1 Å². The quantitative estimate of drug-likeness (QED) is 0.811. The molecule has 2 aliphatic rings. The summed E-state index contributed by atoms with van der Waals surface area (Å²) in [4.78, 5) is 27.8. The molecule has 2 saturated heterocycles. The number of carbonyl (C=O) groups excluding carboxylic acids is 2. The van der Waals surface area contributed by atoms with Gasteiger partial charge in [-0.25, -0.2) is 0 Å². The molecule has 2 aliphatic heterocycles. The fourth-order valence-corrected chi connectivity index (χ4v) is 4.49. The molecule has 1 unspecified atom stereocenters. The van der Waals surface area contributed by atoms with Gasteiger partial charge < -0.3 is 15.0 Å². The Morgan fingerprint density at radius 3 is 2.46 bits per heavy atom. The van der Waals surface area contributed by atoms with Crippen LogP contribution in [-0.4, -0.2) is 47.0 Å². The average Bonchev–Trinajstić information content (AvgIpc) is 3.37. The standard InChI is InChI=1S/C23H34N2O3/c1-5-16-9-11-17(12-10-16)21(26)24-23(3,4)20-8-7-15-25(20)22(27)19-14-13-18(6-2)28-19/h9-12,18-20H,5-8,13-15H2,1-4H3,(H,24,26)/t18-,19-,20?/m1/s1. The van der Waals surface area contributed by atoms with Gasteiger partial charge in [0.05, 0.1) is 17.7 Å². The van der Waals surface area contributed by atoms with E-state index in [2.05, 4.69) is 19.2 Å². The Morgan fingerprint density at radius 2 is 1.86 bits per heavy atom. The van der Waals surface area contributed by atoms with Crippen LogP contribution in [0.5, 0.6) is 0 Å². The van der Waals surface area contributed by atoms with Gasteiger partial charge in [0.25, 0.3) is 11.8 Å². The fourth-order valence-electron chi connectivity index (χ4n) is 4.49. The van der Waals surface area contributed by atoms with Crippen LogP contribution in [0.1, 0.15) is 75.7 Å². The minimum atomic E-state index is -0.505. The van der Waals surface area contributed by atoms with Crippen LogP contribution in [0.2, 0.25) is 0 Å². The van der Waals surface area contributed by atoms with E-state index >= 15 is 0 Å². The summed E-state index contributed by atoms with van der Waals surface area (Å²) in [6, 6.07) is 7.73. The lowest BCUT2D eigenvalue weighted by Gasteiger charge is -2.39. The second-order valence-corrected chi connectivity index (χ2v) is 8.65. The van der Waals surface area contributed by atoms with Crippen molar-refractivity contribution in [1.82, 2.24) is 10.2 Å². The van der Waals surface area contributed by atoms with Crippen molar-refractivity contribution in [2.24, 2.45) is 0 Å². The summed E-state index contributed by atoms with van der Waals surface area (Å²) >= 11 is 0. The third-order valence-corrected chi connectivity index (χ3v) is 6.27. The Labute approximate surface area is 168 Å². The first-order valence-electron chi connectivity index (χ1n) is 10.7. The van der Waals surface area contributed by atoms with Gasteiger partial charge in [0.1, 0.15) is 6.10 Å². The maximum absolute atomic E-state index is 13.1. The number of hydrogen-bond donors (Lipinski definition) is 1. The van der Waals surface area contributed by atoms with Crippen LogP contribution in [-0.2, 0) is 16.0 Å². The highest BCUT2D eigenvalue weighted by molar-refractivity contribution is 5.94. The van der Waals surface area contributed by atoms with E-state index in [4.69, 9.17) is 4.74 Å². The number of hydrogen-bond acceptors (Lipinski definition) is 3. The minimum absolute atomic E-state index is 0.0110. The van der Waals surface area contributed by atoms with E-state index in [9.17, 15) is 9.59 Å². The van der Waals surface area contributed by atoms with Crippen molar-refractivity contribution in [3.63, 3.8) is 0 Å². The maximum Gasteiger partial charge on any atom is 0.252 e. The number of rotatable bonds is 6. The molecule has 3 atom stereocenters. The molecular weight excluding hydrogens is 352 g/mol. The molecule has 0 bridgehead atoms. The molecule has 2 fully saturated rings. The Kier molecular flexibility index (Phi) is 6.43. The summed E-state index contributed by atoms with van der Waals surface area (Å²) in [5, 5.41) is 3.17. The highest BCUT2D eigenvalue weighted by atomic mass is 16.5. The molecule has 5 heteroatoms. The van der Waals surface area contributed by atoms with E-state index in [0.717, 1.165) is 45.1 Å². The number of amides is 2. The number of aryl methyl sites for hydroxylation is 1. The van der Waals surface area contributed by atoms with Crippen LogP contribution >= 0.6 is 0 Å². The van der Waals surface area contributed by atoms with Crippen molar-refractivity contribution < 1.29 is 14.3 Å². The second kappa shape index (κ2) is 8.64. The fraction of sp³-hybridized carbons (Fsp3) is 0.652. The highest BCUT2D eigenvalue weighted by Gasteiger charge is 2.44. The Hall–Kier alpha value is -1.88. The van der Waals surface area contributed by atoms with E-state index in [1.54, 1.807) is 0 Å². The molecule has 5 nitrogen and oxygen atoms in total. The lowest BCUT2D eigenvalue weighted by molar-refractivity contribution is -0.145. The first-order chi connectivity index (χ1) is 13.4. The van der Waals surface area contributed by atoms with Crippen LogP contribution < -0.4 is 5.32 Å². The summed E-state index contributed by atoms with van der Waals surface area (Å²) in [5.41, 5.74) is 1.37. The molecule has 2 amide bonds. The predicted octanol–water partition coefficient (Wildman–Crippen LogP) is 3.71. The molecule has 3 rings (SSSR count). The Bertz CT molecular complexity index is 698. The third-order valence-electron chi connectivity index (χ3n) is 6.27. The largest absolute Gasteiger partial charge is 0.365 e. The lowest BCUT2D eigenvalue weighted by atomic mass is 9.91. The molecule has 1 aromatic carbocycles. The first kappa shape index (κ1) is 20.8. The smallest absolute Gasteiger partial charge is 0.252 e. The van der Waals surface area contributed by atoms with Gasteiger partial charge in [0.2, 0.25) is 0 Å². The van der Waals surface area contributed by atoms with Crippen molar-refractivity contribution in [2.75, 3.05) is 6.54 Å². The summed E-state index contributed by atoms with van der Waals surface area (Å²) in [7, 11) is 0. The van der Waals surface area contributed by atoms with Crippen molar-refractivity contribution in [2.45, 2.75) is 90.0 Å². The number of ether oxygens (including phenoxy) is 1. The van der Waals surface area contributed by atoms with Crippen LogP contribution in [0.4, 0.5) is 0 Å². The van der Waals surface area contributed by atoms with E-state index < -0.39 is 5.54 Å². The van der Waals surface area contributed by atoms with E-state index in [-0.39, 0.29) is 30.1 Å². The lowest BCUT2D eigenvalue weighted by Crippen LogP contribution is -2.59. The molecule has 154 valence electrons. The molecule has 1 aromatic rings. The molecule has 2 heterocycles. The van der Waals surface area contributed by atoms with Gasteiger partial charge in [-0.1, -0.05) is 26.0 Å². The zero-order valence-electron chi connectivity index (χ0n) is 17.7. The Morgan fingerprint density at radius 1 is 1.14 bits per heavy atom. The second-order valence-electron chi connectivity index (χ2n) is 8.65. The normalized spacial score (nSPS) is 25.1. The molecule has 0 saturated carbocycles. The summed E-state index contributed by atoms with van der Waals surface area (Å²) < 4.78 is 5.94. The molecular formula is C23H34N2O3. The number of carbonyl (C=O) groups is 2. The van der Waals surface area contributed by atoms with Gasteiger partial charge in [-0.2, -0.15) is 0 Å². The van der Waals surface area contributed by atoms with Crippen molar-refractivity contribution in [1.29, 1.82) is 0 Å². The maximum atomic E-state index is 13.1. The average molecular weight is 387 g/mol. The predicted molar refractivity (Wildman–Crippen MR) is 110 cm³/mol. The van der Waals surface area contributed by atoms with Crippen LogP contribution in [0, 0.1) is 0 Å². The topological polar surface area (TPSA) is 58.6 Å². The minimum Gasteiger partial charge on any atom is -0.365 e. The zero-order chi connectivity index (χ0) is 20.3. The van der Waals surface area contributed by atoms with Crippen LogP contribution in [0.3, 0.4) is 0 Å². The van der Waals surface area contributed by atoms with E-state index in [1.165, 1.54) is 5.56 Å². The zero-order valence-corrected chi connectivity index (χ0v) is 17.7. The molecule has 0 radical (unpaired) electrons. The van der Waals surface area contributed by atoms with Gasteiger partial charge >= 0.3 is 0 Å². The van der Waals surface area contributed by atoms with Gasteiger partial charge in [-0.3, -0.25) is 9.59 Å². The number of nitrogens with zero attached hydrogens (tertiary/aromatic N) is 1. The van der Waals surface area contributed by atoms with Crippen LogP contribution in [0.15, 0.2) is 24.3 Å². The van der Waals surface area contributed by atoms with Gasteiger partial charge in [0, 0.05) is 12.1 Å². The van der Waals surface area contributed by atoms with Gasteiger partial charge in [0.15, 0.2) is 0 Å². The molecule has 0 spiro atoms. The molecule has 28 heavy (non-hydrogen) atoms. The first-order valence-corrected chi connectivity index (χ1v) is 10.7. The molecule has 0 aromatic heterocycles. The highest BCUT2D eigenvalue weighted by Crippen LogP contribution is 2.31. The summed E-state index contributed by atoms with van der Waals surface area (Å²) in [5.74, 6) is 0.00295. The third kappa shape index (κ3) is 4.40. The van der Waals surface area contributed by atoms with Crippen LogP contribution in [0.25, 0.3) is 0 Å². The van der Waals surface area contributed by atoms with E-state index in [1.807, 2.05) is 43.0 Å².